The van der Waals surface area contributed by atoms with E-state index in [4.69, 9.17) is 20.9 Å². The monoisotopic (exact) mass is 381 g/mol. The van der Waals surface area contributed by atoms with Gasteiger partial charge in [0.2, 0.25) is 10.0 Å². The minimum absolute atomic E-state index is 0.0559. The van der Waals surface area contributed by atoms with Crippen molar-refractivity contribution in [1.82, 2.24) is 4.90 Å². The van der Waals surface area contributed by atoms with Gasteiger partial charge in [0, 0.05) is 25.0 Å². The number of nitrogens with one attached hydrogen (secondary N) is 1. The summed E-state index contributed by atoms with van der Waals surface area (Å²) in [7, 11) is -3.85. The van der Waals surface area contributed by atoms with Gasteiger partial charge in [-0.25, -0.2) is 18.4 Å². The lowest BCUT2D eigenvalue weighted by atomic mass is 10.2. The maximum Gasteiger partial charge on any atom is 0.413 e. The number of nitrogens with two attached hydrogens (primary N) is 2. The molecule has 0 bridgehead atoms. The number of anilines is 1. The molecule has 10 nitrogen and oxygen atoms in total. The highest BCUT2D eigenvalue weighted by molar-refractivity contribution is 7.89. The molecule has 5 N–H and O–H groups in total. The third-order valence-electron chi connectivity index (χ3n) is 2.96. The van der Waals surface area contributed by atoms with Crippen LogP contribution >= 0.6 is 0 Å². The van der Waals surface area contributed by atoms with Gasteiger partial charge in [0.25, 0.3) is 5.91 Å². The van der Waals surface area contributed by atoms with Crippen molar-refractivity contribution in [3.8, 4) is 6.07 Å². The Morgan fingerprint density at radius 2 is 1.96 bits per heavy atom. The van der Waals surface area contributed by atoms with Crippen molar-refractivity contribution >= 4 is 27.7 Å². The normalized spacial score (nSPS) is 11.4. The molecule has 0 aromatic heterocycles. The number of amides is 2. The smallest absolute Gasteiger partial charge is 0.413 e. The molecule has 140 valence electrons. The third-order valence-corrected chi connectivity index (χ3v) is 3.89. The van der Waals surface area contributed by atoms with E-state index in [9.17, 15) is 18.0 Å². The van der Waals surface area contributed by atoms with Gasteiger partial charge in [0.15, 0.2) is 0 Å². The predicted molar refractivity (Wildman–Crippen MR) is 92.9 cm³/mol. The molecule has 0 fully saturated rings. The predicted octanol–water partition coefficient (Wildman–Crippen LogP) is 0.0972. The molecule has 0 aliphatic carbocycles. The average Bonchev–Trinajstić information content (AvgIpc) is 2.58. The Balaban J connectivity index is 2.97. The highest BCUT2D eigenvalue weighted by atomic mass is 32.2. The number of sulfonamides is 1. The number of hydrogen-bond donors (Lipinski definition) is 3. The number of carbonyl (C=O) groups excluding carboxylic acids is 2. The highest BCUT2D eigenvalue weighted by Crippen LogP contribution is 2.14. The van der Waals surface area contributed by atoms with E-state index in [1.165, 1.54) is 24.3 Å². The van der Waals surface area contributed by atoms with E-state index in [-0.39, 0.29) is 35.9 Å². The molecule has 2 amide bonds. The van der Waals surface area contributed by atoms with Crippen molar-refractivity contribution in [3.63, 3.8) is 0 Å². The number of primary sulfonamides is 1. The fourth-order valence-corrected chi connectivity index (χ4v) is 2.29. The lowest BCUT2D eigenvalue weighted by Gasteiger charge is -2.17. The molecular formula is C15H19N5O5S. The first-order valence-electron chi connectivity index (χ1n) is 7.42. The first-order chi connectivity index (χ1) is 12.2. The van der Waals surface area contributed by atoms with Crippen LogP contribution in [0.25, 0.3) is 0 Å². The van der Waals surface area contributed by atoms with Crippen LogP contribution in [0.4, 0.5) is 10.5 Å². The van der Waals surface area contributed by atoms with Gasteiger partial charge in [0.1, 0.15) is 11.6 Å². The van der Waals surface area contributed by atoms with Crippen molar-refractivity contribution in [2.75, 3.05) is 25.0 Å². The molecule has 0 spiro atoms. The molecule has 11 heteroatoms. The molecule has 0 radical (unpaired) electrons. The summed E-state index contributed by atoms with van der Waals surface area (Å²) in [6.45, 7) is 1.90. The summed E-state index contributed by atoms with van der Waals surface area (Å²) in [4.78, 5) is 24.9. The summed E-state index contributed by atoms with van der Waals surface area (Å²) in [6, 6.07) is 6.73. The van der Waals surface area contributed by atoms with E-state index in [1.54, 1.807) is 13.0 Å². The Bertz CT molecular complexity index is 827. The van der Waals surface area contributed by atoms with Crippen LogP contribution in [0.5, 0.6) is 0 Å². The Morgan fingerprint density at radius 3 is 2.42 bits per heavy atom. The van der Waals surface area contributed by atoms with Crippen molar-refractivity contribution in [1.29, 1.82) is 5.26 Å². The van der Waals surface area contributed by atoms with E-state index in [0.29, 0.717) is 0 Å². The van der Waals surface area contributed by atoms with E-state index in [0.717, 1.165) is 11.1 Å². The molecule has 0 heterocycles. The number of carbonyl (C=O) groups is 2. The second-order valence-electron chi connectivity index (χ2n) is 4.86. The molecule has 0 saturated heterocycles. The number of hydrogen-bond acceptors (Lipinski definition) is 7. The molecule has 0 saturated carbocycles. The van der Waals surface area contributed by atoms with Gasteiger partial charge in [-0.05, 0) is 31.2 Å². The molecule has 1 aromatic carbocycles. The molecule has 0 unspecified atom stereocenters. The van der Waals surface area contributed by atoms with Gasteiger partial charge in [-0.15, -0.1) is 0 Å². The second-order valence-corrected chi connectivity index (χ2v) is 6.42. The summed E-state index contributed by atoms with van der Waals surface area (Å²) >= 11 is 0. The Kier molecular flexibility index (Phi) is 7.73. The Morgan fingerprint density at radius 1 is 1.35 bits per heavy atom. The average molecular weight is 381 g/mol. The minimum Gasteiger partial charge on any atom is -0.449 e. The van der Waals surface area contributed by atoms with Crippen LogP contribution in [0.15, 0.2) is 40.9 Å². The van der Waals surface area contributed by atoms with Crippen molar-refractivity contribution in [2.24, 2.45) is 10.9 Å². The van der Waals surface area contributed by atoms with Gasteiger partial charge in [-0.3, -0.25) is 9.69 Å². The van der Waals surface area contributed by atoms with Crippen LogP contribution in [0.3, 0.4) is 0 Å². The number of rotatable bonds is 7. The van der Waals surface area contributed by atoms with E-state index in [2.05, 4.69) is 5.32 Å². The standard InChI is InChI=1S/C15H19N5O5S/c1-2-25-15(22)20(8-7-16)10-11(9-17)14(21)19-12-3-5-13(6-4-12)26(18,23)24/h3-6,10H,2,7-8,16H2,1H3,(H,19,21)(H2,18,23,24)/b11-10-. The summed E-state index contributed by atoms with van der Waals surface area (Å²) < 4.78 is 27.2. The third kappa shape index (κ3) is 6.17. The number of benzene rings is 1. The Hall–Kier alpha value is -2.94. The first kappa shape index (κ1) is 21.1. The molecule has 0 aliphatic rings. The van der Waals surface area contributed by atoms with E-state index < -0.39 is 22.0 Å². The largest absolute Gasteiger partial charge is 0.449 e. The number of nitrogens with zero attached hydrogens (tertiary/aromatic N) is 2. The Labute approximate surface area is 151 Å². The zero-order chi connectivity index (χ0) is 19.7. The van der Waals surface area contributed by atoms with Gasteiger partial charge in [-0.2, -0.15) is 5.26 Å². The van der Waals surface area contributed by atoms with Crippen LogP contribution in [-0.2, 0) is 19.6 Å². The molecule has 1 rings (SSSR count). The summed E-state index contributed by atoms with van der Waals surface area (Å²) in [5.74, 6) is -0.790. The molecule has 0 atom stereocenters. The van der Waals surface area contributed by atoms with Gasteiger partial charge < -0.3 is 15.8 Å². The fourth-order valence-electron chi connectivity index (χ4n) is 1.77. The quantitative estimate of drug-likeness (QED) is 0.444. The molecule has 1 aromatic rings. The van der Waals surface area contributed by atoms with E-state index in [1.807, 2.05) is 0 Å². The number of nitriles is 1. The van der Waals surface area contributed by atoms with Gasteiger partial charge >= 0.3 is 6.09 Å². The molecule has 26 heavy (non-hydrogen) atoms. The lowest BCUT2D eigenvalue weighted by molar-refractivity contribution is -0.112. The maximum atomic E-state index is 12.2. The van der Waals surface area contributed by atoms with Crippen LogP contribution in [0.1, 0.15) is 6.92 Å². The van der Waals surface area contributed by atoms with Gasteiger partial charge in [0.05, 0.1) is 11.5 Å². The zero-order valence-corrected chi connectivity index (χ0v) is 14.8. The van der Waals surface area contributed by atoms with Crippen molar-refractivity contribution in [2.45, 2.75) is 11.8 Å². The molecule has 0 aliphatic heterocycles. The summed E-state index contributed by atoms with van der Waals surface area (Å²) in [6.07, 6.45) is 0.301. The van der Waals surface area contributed by atoms with Crippen LogP contribution in [0, 0.1) is 11.3 Å². The summed E-state index contributed by atoms with van der Waals surface area (Å²) in [5.41, 5.74) is 5.29. The SMILES string of the molecule is CCOC(=O)N(/C=C(/C#N)C(=O)Nc1ccc(S(N)(=O)=O)cc1)CCN. The summed E-state index contributed by atoms with van der Waals surface area (Å²) in [5, 5.41) is 16.6. The maximum absolute atomic E-state index is 12.2. The van der Waals surface area contributed by atoms with Gasteiger partial charge in [-0.1, -0.05) is 0 Å². The van der Waals surface area contributed by atoms with Crippen LogP contribution in [-0.4, -0.2) is 45.0 Å². The topological polar surface area (TPSA) is 169 Å². The van der Waals surface area contributed by atoms with Crippen LogP contribution in [0.2, 0.25) is 0 Å². The highest BCUT2D eigenvalue weighted by Gasteiger charge is 2.17. The van der Waals surface area contributed by atoms with Crippen LogP contribution < -0.4 is 16.2 Å². The first-order valence-corrected chi connectivity index (χ1v) is 8.97. The lowest BCUT2D eigenvalue weighted by Crippen LogP contribution is -2.32. The fraction of sp³-hybridized carbons (Fsp3) is 0.267. The van der Waals surface area contributed by atoms with Crippen molar-refractivity contribution in [3.05, 3.63) is 36.0 Å². The minimum atomic E-state index is -3.85. The zero-order valence-electron chi connectivity index (χ0n) is 14.0. The van der Waals surface area contributed by atoms with E-state index >= 15 is 0 Å². The molecular weight excluding hydrogens is 362 g/mol. The van der Waals surface area contributed by atoms with Crippen molar-refractivity contribution < 1.29 is 22.7 Å². The number of ether oxygens (including phenoxy) is 1. The second kappa shape index (κ2) is 9.52.